The van der Waals surface area contributed by atoms with Crippen LogP contribution in [0.2, 0.25) is 0 Å². The molecule has 1 saturated heterocycles. The molecule has 22 heavy (non-hydrogen) atoms. The van der Waals surface area contributed by atoms with Crippen LogP contribution >= 0.6 is 0 Å². The van der Waals surface area contributed by atoms with Gasteiger partial charge < -0.3 is 28.8 Å². The zero-order chi connectivity index (χ0) is 15.5. The molecule has 6 heteroatoms. The first-order valence-corrected chi connectivity index (χ1v) is 7.61. The van der Waals surface area contributed by atoms with Crippen LogP contribution in [0.3, 0.4) is 0 Å². The smallest absolute Gasteiger partial charge is 0.231 e. The van der Waals surface area contributed by atoms with E-state index in [4.69, 9.17) is 23.7 Å². The van der Waals surface area contributed by atoms with Crippen LogP contribution in [-0.2, 0) is 9.47 Å². The van der Waals surface area contributed by atoms with Crippen molar-refractivity contribution in [2.24, 2.45) is 0 Å². The third kappa shape index (κ3) is 3.14. The average Bonchev–Trinajstić information content (AvgIpc) is 3.00. The first-order chi connectivity index (χ1) is 10.7. The summed E-state index contributed by atoms with van der Waals surface area (Å²) in [6.45, 7) is 2.56. The van der Waals surface area contributed by atoms with Gasteiger partial charge in [0, 0.05) is 6.61 Å². The van der Waals surface area contributed by atoms with E-state index in [0.29, 0.717) is 23.9 Å². The third-order valence-electron chi connectivity index (χ3n) is 3.88. The number of methoxy groups -OCH3 is 1. The maximum Gasteiger partial charge on any atom is 0.231 e. The zero-order valence-electron chi connectivity index (χ0n) is 12.9. The van der Waals surface area contributed by atoms with Gasteiger partial charge in [0.25, 0.3) is 0 Å². The van der Waals surface area contributed by atoms with Crippen molar-refractivity contribution < 1.29 is 28.8 Å². The van der Waals surface area contributed by atoms with Crippen LogP contribution in [0.15, 0.2) is 12.1 Å². The quantitative estimate of drug-likeness (QED) is 0.901. The molecule has 122 valence electrons. The summed E-state index contributed by atoms with van der Waals surface area (Å²) in [7, 11) is 1.57. The number of ether oxygens (including phenoxy) is 5. The Morgan fingerprint density at radius 2 is 2.14 bits per heavy atom. The van der Waals surface area contributed by atoms with E-state index in [0.717, 1.165) is 24.8 Å². The fourth-order valence-electron chi connectivity index (χ4n) is 2.77. The highest BCUT2D eigenvalue weighted by Gasteiger charge is 2.28. The van der Waals surface area contributed by atoms with Gasteiger partial charge in [-0.1, -0.05) is 0 Å². The lowest BCUT2D eigenvalue weighted by molar-refractivity contribution is -0.207. The minimum absolute atomic E-state index is 0.168. The molecular formula is C16H22O6. The van der Waals surface area contributed by atoms with E-state index in [1.807, 2.05) is 12.1 Å². The summed E-state index contributed by atoms with van der Waals surface area (Å²) < 4.78 is 27.7. The van der Waals surface area contributed by atoms with Gasteiger partial charge in [-0.2, -0.15) is 0 Å². The minimum atomic E-state index is -0.685. The van der Waals surface area contributed by atoms with Gasteiger partial charge in [0.05, 0.1) is 13.2 Å². The number of benzene rings is 1. The summed E-state index contributed by atoms with van der Waals surface area (Å²) in [6.07, 6.45) is 1.48. The maximum absolute atomic E-state index is 10.1. The van der Waals surface area contributed by atoms with E-state index >= 15 is 0 Å². The van der Waals surface area contributed by atoms with Crippen molar-refractivity contribution in [3.63, 3.8) is 0 Å². The summed E-state index contributed by atoms with van der Waals surface area (Å²) in [6, 6.07) is 3.64. The molecule has 1 aromatic rings. The summed E-state index contributed by atoms with van der Waals surface area (Å²) in [4.78, 5) is 0. The predicted octanol–water partition coefficient (Wildman–Crippen LogP) is 2.39. The second-order valence-corrected chi connectivity index (χ2v) is 5.55. The maximum atomic E-state index is 10.1. The summed E-state index contributed by atoms with van der Waals surface area (Å²) in [5, 5.41) is 10.1. The Hall–Kier alpha value is -1.50. The highest BCUT2D eigenvalue weighted by Crippen LogP contribution is 2.44. The molecule has 1 N–H and O–H groups in total. The van der Waals surface area contributed by atoms with E-state index in [-0.39, 0.29) is 13.1 Å². The third-order valence-corrected chi connectivity index (χ3v) is 3.88. The summed E-state index contributed by atoms with van der Waals surface area (Å²) in [5.41, 5.74) is 0.783. The molecule has 2 aliphatic heterocycles. The van der Waals surface area contributed by atoms with Crippen molar-refractivity contribution in [3.8, 4) is 17.2 Å². The topological polar surface area (TPSA) is 66.4 Å². The summed E-state index contributed by atoms with van der Waals surface area (Å²) in [5.74, 6) is 1.77. The largest absolute Gasteiger partial charge is 0.493 e. The first-order valence-electron chi connectivity index (χ1n) is 7.61. The molecule has 0 aromatic heterocycles. The highest BCUT2D eigenvalue weighted by atomic mass is 16.7. The van der Waals surface area contributed by atoms with E-state index < -0.39 is 12.2 Å². The fraction of sp³-hybridized carbons (Fsp3) is 0.625. The molecule has 0 amide bonds. The molecule has 1 aromatic carbocycles. The van der Waals surface area contributed by atoms with Gasteiger partial charge >= 0.3 is 0 Å². The van der Waals surface area contributed by atoms with Crippen LogP contribution in [0.5, 0.6) is 17.2 Å². The van der Waals surface area contributed by atoms with Crippen molar-refractivity contribution in [2.45, 2.75) is 44.7 Å². The summed E-state index contributed by atoms with van der Waals surface area (Å²) >= 11 is 0. The van der Waals surface area contributed by atoms with Gasteiger partial charge in [-0.05, 0) is 43.9 Å². The van der Waals surface area contributed by atoms with Crippen molar-refractivity contribution in [1.29, 1.82) is 0 Å². The number of hydrogen-bond acceptors (Lipinski definition) is 6. The predicted molar refractivity (Wildman–Crippen MR) is 78.2 cm³/mol. The molecule has 3 atom stereocenters. The van der Waals surface area contributed by atoms with E-state index in [1.54, 1.807) is 14.0 Å². The van der Waals surface area contributed by atoms with Gasteiger partial charge in [-0.3, -0.25) is 0 Å². The van der Waals surface area contributed by atoms with E-state index in [1.165, 1.54) is 0 Å². The molecular weight excluding hydrogens is 288 g/mol. The molecule has 0 spiro atoms. The molecule has 3 rings (SSSR count). The standard InChI is InChI=1S/C16H22O6/c1-10(17)15(22-14-5-3-4-6-19-14)11-7-12(18-2)16-13(8-11)20-9-21-16/h7-8,10,14-15,17H,3-6,9H2,1-2H3/t10-,14?,15-/m0/s1. The Balaban J connectivity index is 1.84. The van der Waals surface area contributed by atoms with Gasteiger partial charge in [0.2, 0.25) is 12.5 Å². The number of fused-ring (bicyclic) bond motifs is 1. The van der Waals surface area contributed by atoms with Gasteiger partial charge in [0.15, 0.2) is 17.8 Å². The number of hydrogen-bond donors (Lipinski definition) is 1. The Bertz CT molecular complexity index is 510. The van der Waals surface area contributed by atoms with Crippen LogP contribution in [0, 0.1) is 0 Å². The molecule has 1 fully saturated rings. The fourth-order valence-corrected chi connectivity index (χ4v) is 2.77. The Morgan fingerprint density at radius 1 is 1.27 bits per heavy atom. The molecule has 0 aliphatic carbocycles. The Morgan fingerprint density at radius 3 is 2.82 bits per heavy atom. The zero-order valence-corrected chi connectivity index (χ0v) is 12.9. The molecule has 0 saturated carbocycles. The highest BCUT2D eigenvalue weighted by molar-refractivity contribution is 5.55. The van der Waals surface area contributed by atoms with E-state index in [2.05, 4.69) is 0 Å². The average molecular weight is 310 g/mol. The van der Waals surface area contributed by atoms with Gasteiger partial charge in [-0.15, -0.1) is 0 Å². The molecule has 1 unspecified atom stereocenters. The van der Waals surface area contributed by atoms with Crippen LogP contribution < -0.4 is 14.2 Å². The number of rotatable bonds is 5. The normalized spacial score (nSPS) is 23.1. The number of aliphatic hydroxyl groups is 1. The first kappa shape index (κ1) is 15.4. The second-order valence-electron chi connectivity index (χ2n) is 5.55. The molecule has 0 radical (unpaired) electrons. The van der Waals surface area contributed by atoms with Crippen LogP contribution in [0.4, 0.5) is 0 Å². The second kappa shape index (κ2) is 6.73. The SMILES string of the molecule is COc1cc([C@@H](OC2CCCCO2)[C@H](C)O)cc2c1OCO2. The van der Waals surface area contributed by atoms with Gasteiger partial charge in [0.1, 0.15) is 6.10 Å². The van der Waals surface area contributed by atoms with E-state index in [9.17, 15) is 5.11 Å². The van der Waals surface area contributed by atoms with Crippen molar-refractivity contribution in [1.82, 2.24) is 0 Å². The van der Waals surface area contributed by atoms with Crippen LogP contribution in [-0.4, -0.2) is 38.0 Å². The van der Waals surface area contributed by atoms with Gasteiger partial charge in [-0.25, -0.2) is 0 Å². The van der Waals surface area contributed by atoms with Crippen LogP contribution in [0.25, 0.3) is 0 Å². The molecule has 6 nitrogen and oxygen atoms in total. The lowest BCUT2D eigenvalue weighted by atomic mass is 10.0. The Kier molecular flexibility index (Phi) is 4.71. The molecule has 2 heterocycles. The molecule has 0 bridgehead atoms. The minimum Gasteiger partial charge on any atom is -0.493 e. The lowest BCUT2D eigenvalue weighted by Crippen LogP contribution is -2.28. The lowest BCUT2D eigenvalue weighted by Gasteiger charge is -2.29. The van der Waals surface area contributed by atoms with Crippen molar-refractivity contribution >= 4 is 0 Å². The monoisotopic (exact) mass is 310 g/mol. The van der Waals surface area contributed by atoms with Crippen molar-refractivity contribution in [3.05, 3.63) is 17.7 Å². The van der Waals surface area contributed by atoms with Crippen LogP contribution in [0.1, 0.15) is 37.9 Å². The number of aliphatic hydroxyl groups excluding tert-OH is 1. The molecule has 2 aliphatic rings. The van der Waals surface area contributed by atoms with Crippen molar-refractivity contribution in [2.75, 3.05) is 20.5 Å². The Labute approximate surface area is 129 Å².